The number of nitrogens with one attached hydrogen (secondary N) is 2. The minimum absolute atomic E-state index is 0. The molecule has 182 valence electrons. The second kappa shape index (κ2) is 14.2. The molecule has 7 nitrogen and oxygen atoms in total. The number of aromatic nitrogens is 1. The molecule has 0 spiro atoms. The van der Waals surface area contributed by atoms with Crippen LogP contribution < -0.4 is 20.3 Å². The molecule has 1 aromatic carbocycles. The molecule has 2 aromatic rings. The first-order valence-corrected chi connectivity index (χ1v) is 11.3. The molecule has 0 radical (unpaired) electrons. The molecule has 1 aliphatic heterocycles. The van der Waals surface area contributed by atoms with Crippen LogP contribution in [-0.2, 0) is 11.3 Å². The van der Waals surface area contributed by atoms with E-state index in [0.29, 0.717) is 24.8 Å². The number of morpholine rings is 1. The summed E-state index contributed by atoms with van der Waals surface area (Å²) in [4.78, 5) is 11.5. The molecule has 3 rings (SSSR count). The predicted octanol–water partition coefficient (Wildman–Crippen LogP) is 3.98. The van der Waals surface area contributed by atoms with Crippen LogP contribution in [0.3, 0.4) is 0 Å². The summed E-state index contributed by atoms with van der Waals surface area (Å²) in [5.41, 5.74) is 1.04. The number of nitrogens with zero attached hydrogens (tertiary/aromatic N) is 3. The fourth-order valence-corrected chi connectivity index (χ4v) is 3.45. The SMILES string of the molecule is CCNC(=NCc1ccc(N2CCOC(C)C2)nc1)NCC(CC)Oc1cccc(F)c1.I. The molecule has 2 N–H and O–H groups in total. The lowest BCUT2D eigenvalue weighted by atomic mass is 10.2. The van der Waals surface area contributed by atoms with Crippen molar-refractivity contribution in [1.29, 1.82) is 0 Å². The van der Waals surface area contributed by atoms with E-state index in [0.717, 1.165) is 44.0 Å². The van der Waals surface area contributed by atoms with Crippen molar-refractivity contribution in [3.63, 3.8) is 0 Å². The fraction of sp³-hybridized carbons (Fsp3) is 0.500. The molecule has 0 amide bonds. The number of hydrogen-bond donors (Lipinski definition) is 2. The van der Waals surface area contributed by atoms with Gasteiger partial charge in [0.05, 0.1) is 25.8 Å². The number of ether oxygens (including phenoxy) is 2. The highest BCUT2D eigenvalue weighted by atomic mass is 127. The molecular weight excluding hydrogens is 536 g/mol. The van der Waals surface area contributed by atoms with E-state index in [1.54, 1.807) is 12.1 Å². The van der Waals surface area contributed by atoms with Crippen molar-refractivity contribution in [2.75, 3.05) is 37.7 Å². The van der Waals surface area contributed by atoms with Gasteiger partial charge in [-0.1, -0.05) is 19.1 Å². The van der Waals surface area contributed by atoms with Gasteiger partial charge in [0.15, 0.2) is 5.96 Å². The van der Waals surface area contributed by atoms with Gasteiger partial charge in [0.25, 0.3) is 0 Å². The summed E-state index contributed by atoms with van der Waals surface area (Å²) < 4.78 is 24.9. The van der Waals surface area contributed by atoms with E-state index >= 15 is 0 Å². The standard InChI is InChI=1S/C24H34FN5O2.HI/c1-4-21(32-22-8-6-7-20(25)13-22)16-29-24(26-5-2)28-15-19-9-10-23(27-14-19)30-11-12-31-18(3)17-30;/h6-10,13-14,18,21H,4-5,11-12,15-17H2,1-3H3,(H2,26,28,29);1H. The molecule has 2 unspecified atom stereocenters. The van der Waals surface area contributed by atoms with Gasteiger partial charge in [-0.05, 0) is 44.0 Å². The molecule has 0 saturated carbocycles. The summed E-state index contributed by atoms with van der Waals surface area (Å²) in [5, 5.41) is 6.58. The molecule has 1 aliphatic rings. The van der Waals surface area contributed by atoms with Gasteiger partial charge in [-0.2, -0.15) is 0 Å². The highest BCUT2D eigenvalue weighted by Gasteiger charge is 2.17. The van der Waals surface area contributed by atoms with Gasteiger partial charge in [-0.15, -0.1) is 24.0 Å². The lowest BCUT2D eigenvalue weighted by Gasteiger charge is -2.32. The van der Waals surface area contributed by atoms with E-state index in [4.69, 9.17) is 9.47 Å². The third-order valence-electron chi connectivity index (χ3n) is 5.19. The summed E-state index contributed by atoms with van der Waals surface area (Å²) in [5.74, 6) is 1.91. The number of hydrogen-bond acceptors (Lipinski definition) is 5. The number of aliphatic imine (C=N–C) groups is 1. The number of pyridine rings is 1. The second-order valence-electron chi connectivity index (χ2n) is 7.83. The molecule has 0 bridgehead atoms. The van der Waals surface area contributed by atoms with Gasteiger partial charge in [0, 0.05) is 31.9 Å². The topological polar surface area (TPSA) is 71.0 Å². The average molecular weight is 571 g/mol. The number of rotatable bonds is 9. The predicted molar refractivity (Wildman–Crippen MR) is 141 cm³/mol. The molecule has 2 atom stereocenters. The number of halogens is 2. The Morgan fingerprint density at radius 2 is 2.15 bits per heavy atom. The van der Waals surface area contributed by atoms with Crippen molar-refractivity contribution in [2.45, 2.75) is 45.9 Å². The van der Waals surface area contributed by atoms with Gasteiger partial charge in [-0.3, -0.25) is 0 Å². The van der Waals surface area contributed by atoms with E-state index in [-0.39, 0.29) is 42.0 Å². The first kappa shape index (κ1) is 27.1. The highest BCUT2D eigenvalue weighted by molar-refractivity contribution is 14.0. The van der Waals surface area contributed by atoms with Gasteiger partial charge >= 0.3 is 0 Å². The van der Waals surface area contributed by atoms with Crippen molar-refractivity contribution < 1.29 is 13.9 Å². The van der Waals surface area contributed by atoms with Crippen LogP contribution in [0.5, 0.6) is 5.75 Å². The Balaban J connectivity index is 0.00000385. The Kier molecular flexibility index (Phi) is 11.7. The van der Waals surface area contributed by atoms with Gasteiger partial charge < -0.3 is 25.0 Å². The van der Waals surface area contributed by atoms with Gasteiger partial charge in [-0.25, -0.2) is 14.4 Å². The molecule has 33 heavy (non-hydrogen) atoms. The smallest absolute Gasteiger partial charge is 0.191 e. The zero-order chi connectivity index (χ0) is 22.8. The van der Waals surface area contributed by atoms with Crippen molar-refractivity contribution in [3.05, 3.63) is 54.0 Å². The quantitative estimate of drug-likeness (QED) is 0.270. The maximum Gasteiger partial charge on any atom is 0.191 e. The van der Waals surface area contributed by atoms with Crippen LogP contribution in [0, 0.1) is 5.82 Å². The Morgan fingerprint density at radius 3 is 2.82 bits per heavy atom. The third-order valence-corrected chi connectivity index (χ3v) is 5.19. The van der Waals surface area contributed by atoms with E-state index in [9.17, 15) is 4.39 Å². The van der Waals surface area contributed by atoms with Crippen LogP contribution in [0.4, 0.5) is 10.2 Å². The second-order valence-corrected chi connectivity index (χ2v) is 7.83. The largest absolute Gasteiger partial charge is 0.489 e. The van der Waals surface area contributed by atoms with Crippen LogP contribution in [-0.4, -0.2) is 55.9 Å². The maximum absolute atomic E-state index is 13.4. The third kappa shape index (κ3) is 8.96. The molecule has 0 aliphatic carbocycles. The zero-order valence-electron chi connectivity index (χ0n) is 19.6. The van der Waals surface area contributed by atoms with Crippen molar-refractivity contribution in [3.8, 4) is 5.75 Å². The van der Waals surface area contributed by atoms with Crippen LogP contribution in [0.1, 0.15) is 32.8 Å². The molecule has 9 heteroatoms. The highest BCUT2D eigenvalue weighted by Crippen LogP contribution is 2.16. The molecule has 1 aromatic heterocycles. The minimum atomic E-state index is -0.303. The fourth-order valence-electron chi connectivity index (χ4n) is 3.45. The average Bonchev–Trinajstić information content (AvgIpc) is 2.80. The lowest BCUT2D eigenvalue weighted by Crippen LogP contribution is -2.42. The van der Waals surface area contributed by atoms with Crippen molar-refractivity contribution >= 4 is 35.8 Å². The summed E-state index contributed by atoms with van der Waals surface area (Å²) in [6.45, 7) is 10.4. The summed E-state index contributed by atoms with van der Waals surface area (Å²) in [6, 6.07) is 10.3. The normalized spacial score (nSPS) is 17.2. The summed E-state index contributed by atoms with van der Waals surface area (Å²) >= 11 is 0. The maximum atomic E-state index is 13.4. The Hall–Kier alpha value is -2.14. The van der Waals surface area contributed by atoms with Crippen LogP contribution in [0.2, 0.25) is 0 Å². The van der Waals surface area contributed by atoms with E-state index in [1.807, 2.05) is 26.1 Å². The van der Waals surface area contributed by atoms with Crippen LogP contribution in [0.25, 0.3) is 0 Å². The van der Waals surface area contributed by atoms with Crippen molar-refractivity contribution in [2.24, 2.45) is 4.99 Å². The Morgan fingerprint density at radius 1 is 1.30 bits per heavy atom. The molecule has 1 fully saturated rings. The Labute approximate surface area is 213 Å². The molecule has 2 heterocycles. The van der Waals surface area contributed by atoms with E-state index in [2.05, 4.69) is 38.5 Å². The van der Waals surface area contributed by atoms with Gasteiger partial charge in [0.1, 0.15) is 23.5 Å². The first-order chi connectivity index (χ1) is 15.6. The van der Waals surface area contributed by atoms with Crippen LogP contribution >= 0.6 is 24.0 Å². The molecule has 1 saturated heterocycles. The minimum Gasteiger partial charge on any atom is -0.489 e. The number of guanidine groups is 1. The summed E-state index contributed by atoms with van der Waals surface area (Å²) in [7, 11) is 0. The summed E-state index contributed by atoms with van der Waals surface area (Å²) in [6.07, 6.45) is 2.79. The van der Waals surface area contributed by atoms with E-state index in [1.165, 1.54) is 12.1 Å². The van der Waals surface area contributed by atoms with E-state index < -0.39 is 0 Å². The Bertz CT molecular complexity index is 868. The number of anilines is 1. The number of benzene rings is 1. The zero-order valence-corrected chi connectivity index (χ0v) is 21.9. The van der Waals surface area contributed by atoms with Crippen LogP contribution in [0.15, 0.2) is 47.6 Å². The first-order valence-electron chi connectivity index (χ1n) is 11.3. The molecular formula is C24H35FIN5O2. The lowest BCUT2D eigenvalue weighted by molar-refractivity contribution is 0.0529. The van der Waals surface area contributed by atoms with Crippen molar-refractivity contribution in [1.82, 2.24) is 15.6 Å². The monoisotopic (exact) mass is 571 g/mol. The van der Waals surface area contributed by atoms with Gasteiger partial charge in [0.2, 0.25) is 0 Å².